The second kappa shape index (κ2) is 5.61. The quantitative estimate of drug-likeness (QED) is 0.536. The van der Waals surface area contributed by atoms with Crippen molar-refractivity contribution in [2.45, 2.75) is 45.4 Å². The van der Waals surface area contributed by atoms with Crippen LogP contribution in [0.15, 0.2) is 6.33 Å². The highest BCUT2D eigenvalue weighted by Crippen LogP contribution is 2.18. The molecule has 0 saturated heterocycles. The van der Waals surface area contributed by atoms with E-state index in [1.165, 1.54) is 0 Å². The van der Waals surface area contributed by atoms with E-state index in [1.54, 1.807) is 13.3 Å². The Morgan fingerprint density at radius 1 is 1.44 bits per heavy atom. The van der Waals surface area contributed by atoms with Crippen LogP contribution >= 0.6 is 45.2 Å². The van der Waals surface area contributed by atoms with Crippen molar-refractivity contribution in [1.29, 1.82) is 0 Å². The van der Waals surface area contributed by atoms with Gasteiger partial charge in [0, 0.05) is 0 Å². The molecule has 102 valence electrons. The molecule has 5 nitrogen and oxygen atoms in total. The number of hydrogen-bond acceptors (Lipinski definition) is 4. The van der Waals surface area contributed by atoms with Crippen LogP contribution in [-0.2, 0) is 16.1 Å². The normalized spacial score (nSPS) is 15.3. The van der Waals surface area contributed by atoms with E-state index in [0.29, 0.717) is 6.54 Å². The molecule has 1 rings (SSSR count). The van der Waals surface area contributed by atoms with Gasteiger partial charge in [-0.25, -0.2) is 9.78 Å². The van der Waals surface area contributed by atoms with Crippen LogP contribution in [0.4, 0.5) is 0 Å². The van der Waals surface area contributed by atoms with Crippen LogP contribution in [0.2, 0.25) is 0 Å². The fourth-order valence-electron chi connectivity index (χ4n) is 1.27. The van der Waals surface area contributed by atoms with Crippen molar-refractivity contribution < 1.29 is 9.53 Å². The Kier molecular flexibility index (Phi) is 5.04. The number of halogens is 2. The van der Waals surface area contributed by atoms with E-state index in [9.17, 15) is 4.79 Å². The standard InChI is InChI=1S/C11H17I2N3O2/c1-10(2,3)18-9(17)11(4,14)5-16-6-15-7(12)8(16)13/h6H,5,14H2,1-4H3. The van der Waals surface area contributed by atoms with Crippen molar-refractivity contribution in [3.8, 4) is 0 Å². The predicted octanol–water partition coefficient (Wildman–Crippen LogP) is 2.15. The van der Waals surface area contributed by atoms with Gasteiger partial charge in [0.05, 0.1) is 12.9 Å². The SMILES string of the molecule is CC(C)(C)OC(=O)C(C)(N)Cn1cnc(I)c1I. The maximum absolute atomic E-state index is 12.0. The average Bonchev–Trinajstić information content (AvgIpc) is 2.46. The molecule has 0 aliphatic rings. The summed E-state index contributed by atoms with van der Waals surface area (Å²) in [5, 5.41) is 0. The summed E-state index contributed by atoms with van der Waals surface area (Å²) in [6.07, 6.45) is 1.68. The van der Waals surface area contributed by atoms with Crippen molar-refractivity contribution in [3.63, 3.8) is 0 Å². The molecule has 1 atom stereocenters. The van der Waals surface area contributed by atoms with Crippen molar-refractivity contribution in [2.75, 3.05) is 0 Å². The summed E-state index contributed by atoms with van der Waals surface area (Å²) in [5.41, 5.74) is 4.44. The van der Waals surface area contributed by atoms with Gasteiger partial charge in [-0.3, -0.25) is 0 Å². The Bertz CT molecular complexity index is 450. The van der Waals surface area contributed by atoms with E-state index in [4.69, 9.17) is 10.5 Å². The lowest BCUT2D eigenvalue weighted by Gasteiger charge is -2.28. The van der Waals surface area contributed by atoms with Gasteiger partial charge < -0.3 is 15.0 Å². The number of nitrogens with two attached hydrogens (primary N) is 1. The molecule has 0 bridgehead atoms. The molecule has 0 aromatic carbocycles. The number of carbonyl (C=O) groups excluding carboxylic acids is 1. The fraction of sp³-hybridized carbons (Fsp3) is 0.636. The summed E-state index contributed by atoms with van der Waals surface area (Å²) in [7, 11) is 0. The smallest absolute Gasteiger partial charge is 0.328 e. The maximum Gasteiger partial charge on any atom is 0.328 e. The molecule has 1 heterocycles. The number of rotatable bonds is 3. The van der Waals surface area contributed by atoms with E-state index in [1.807, 2.05) is 25.3 Å². The molecular weight excluding hydrogens is 460 g/mol. The number of carbonyl (C=O) groups is 1. The molecule has 7 heteroatoms. The van der Waals surface area contributed by atoms with E-state index in [-0.39, 0.29) is 0 Å². The van der Waals surface area contributed by atoms with Gasteiger partial charge in [-0.15, -0.1) is 0 Å². The van der Waals surface area contributed by atoms with Gasteiger partial charge in [0.15, 0.2) is 0 Å². The molecule has 2 N–H and O–H groups in total. The third-order valence-corrected chi connectivity index (χ3v) is 5.05. The zero-order chi connectivity index (χ0) is 14.1. The molecule has 0 radical (unpaired) electrons. The van der Waals surface area contributed by atoms with Crippen LogP contribution in [0.5, 0.6) is 0 Å². The summed E-state index contributed by atoms with van der Waals surface area (Å²) >= 11 is 4.32. The molecule has 0 aliphatic heterocycles. The molecule has 18 heavy (non-hydrogen) atoms. The number of imidazole rings is 1. The van der Waals surface area contributed by atoms with Crippen molar-refractivity contribution >= 4 is 51.2 Å². The lowest BCUT2D eigenvalue weighted by molar-refractivity contribution is -0.161. The molecular formula is C11H17I2N3O2. The van der Waals surface area contributed by atoms with Gasteiger partial charge in [-0.2, -0.15) is 0 Å². The van der Waals surface area contributed by atoms with Gasteiger partial charge in [0.2, 0.25) is 0 Å². The first-order valence-corrected chi connectivity index (χ1v) is 7.57. The largest absolute Gasteiger partial charge is 0.459 e. The minimum absolute atomic E-state index is 0.343. The molecule has 0 fully saturated rings. The lowest BCUT2D eigenvalue weighted by Crippen LogP contribution is -2.51. The Morgan fingerprint density at radius 2 is 2.00 bits per heavy atom. The summed E-state index contributed by atoms with van der Waals surface area (Å²) < 4.78 is 9.04. The molecule has 1 unspecified atom stereocenters. The van der Waals surface area contributed by atoms with Gasteiger partial charge in [-0.1, -0.05) is 0 Å². The van der Waals surface area contributed by atoms with E-state index >= 15 is 0 Å². The third kappa shape index (κ3) is 4.34. The number of aromatic nitrogens is 2. The second-order valence-corrected chi connectivity index (χ2v) is 7.42. The molecule has 0 amide bonds. The zero-order valence-electron chi connectivity index (χ0n) is 10.8. The minimum Gasteiger partial charge on any atom is -0.459 e. The molecule has 0 aliphatic carbocycles. The minimum atomic E-state index is -1.07. The van der Waals surface area contributed by atoms with Gasteiger partial charge in [-0.05, 0) is 72.9 Å². The van der Waals surface area contributed by atoms with Crippen LogP contribution in [0.3, 0.4) is 0 Å². The lowest BCUT2D eigenvalue weighted by atomic mass is 10.0. The highest BCUT2D eigenvalue weighted by Gasteiger charge is 2.34. The highest BCUT2D eigenvalue weighted by atomic mass is 127. The predicted molar refractivity (Wildman–Crippen MR) is 86.1 cm³/mol. The van der Waals surface area contributed by atoms with Crippen LogP contribution < -0.4 is 5.73 Å². The van der Waals surface area contributed by atoms with Crippen LogP contribution in [-0.4, -0.2) is 26.7 Å². The molecule has 0 saturated carbocycles. The second-order valence-electron chi connectivity index (χ2n) is 5.37. The van der Waals surface area contributed by atoms with Crippen LogP contribution in [0.1, 0.15) is 27.7 Å². The first-order chi connectivity index (χ1) is 8.03. The Labute approximate surface area is 134 Å². The van der Waals surface area contributed by atoms with Crippen LogP contribution in [0, 0.1) is 7.40 Å². The van der Waals surface area contributed by atoms with Gasteiger partial charge in [0.1, 0.15) is 18.5 Å². The van der Waals surface area contributed by atoms with E-state index in [0.717, 1.165) is 7.40 Å². The summed E-state index contributed by atoms with van der Waals surface area (Å²) in [4.78, 5) is 16.2. The van der Waals surface area contributed by atoms with Gasteiger partial charge >= 0.3 is 5.97 Å². The molecule has 0 spiro atoms. The van der Waals surface area contributed by atoms with Crippen molar-refractivity contribution in [1.82, 2.24) is 9.55 Å². The maximum atomic E-state index is 12.0. The van der Waals surface area contributed by atoms with Crippen molar-refractivity contribution in [2.24, 2.45) is 5.73 Å². The molecule has 1 aromatic heterocycles. The first-order valence-electron chi connectivity index (χ1n) is 5.41. The third-order valence-electron chi connectivity index (χ3n) is 2.10. The first kappa shape index (κ1) is 16.2. The number of ether oxygens (including phenoxy) is 1. The number of hydrogen-bond donors (Lipinski definition) is 1. The molecule has 1 aromatic rings. The topological polar surface area (TPSA) is 70.1 Å². The Morgan fingerprint density at radius 3 is 2.39 bits per heavy atom. The van der Waals surface area contributed by atoms with E-state index in [2.05, 4.69) is 50.2 Å². The number of esters is 1. The number of nitrogens with zero attached hydrogens (tertiary/aromatic N) is 2. The van der Waals surface area contributed by atoms with Gasteiger partial charge in [0.25, 0.3) is 0 Å². The summed E-state index contributed by atoms with van der Waals surface area (Å²) in [6, 6.07) is 0. The van der Waals surface area contributed by atoms with Crippen molar-refractivity contribution in [3.05, 3.63) is 13.7 Å². The highest BCUT2D eigenvalue weighted by molar-refractivity contribution is 14.1. The summed E-state index contributed by atoms with van der Waals surface area (Å²) in [6.45, 7) is 7.49. The average molecular weight is 477 g/mol. The van der Waals surface area contributed by atoms with E-state index < -0.39 is 17.1 Å². The zero-order valence-corrected chi connectivity index (χ0v) is 15.1. The Balaban J connectivity index is 2.82. The van der Waals surface area contributed by atoms with Crippen LogP contribution in [0.25, 0.3) is 0 Å². The monoisotopic (exact) mass is 477 g/mol. The summed E-state index contributed by atoms with van der Waals surface area (Å²) in [5.74, 6) is -0.408. The fourth-order valence-corrected chi connectivity index (χ4v) is 2.13. The Hall–Kier alpha value is 0.100.